The summed E-state index contributed by atoms with van der Waals surface area (Å²) in [5.41, 5.74) is 0.758. The van der Waals surface area contributed by atoms with E-state index in [0.29, 0.717) is 6.61 Å². The molecule has 66 valence electrons. The van der Waals surface area contributed by atoms with Crippen molar-refractivity contribution < 1.29 is 4.74 Å². The van der Waals surface area contributed by atoms with Crippen LogP contribution in [0.15, 0.2) is 36.9 Å². The molecule has 0 aliphatic heterocycles. The Balaban J connectivity index is 2.59. The number of nitriles is 1. The van der Waals surface area contributed by atoms with Crippen LogP contribution in [0.1, 0.15) is 0 Å². The van der Waals surface area contributed by atoms with Gasteiger partial charge < -0.3 is 4.74 Å². The van der Waals surface area contributed by atoms with E-state index in [1.165, 1.54) is 0 Å². The summed E-state index contributed by atoms with van der Waals surface area (Å²) in [6, 6.07) is 7.15. The predicted octanol–water partition coefficient (Wildman–Crippen LogP) is 2.14. The number of nitrogens with one attached hydrogen (secondary N) is 1. The van der Waals surface area contributed by atoms with E-state index in [0.717, 1.165) is 11.4 Å². The van der Waals surface area contributed by atoms with Crippen molar-refractivity contribution in [2.75, 3.05) is 11.9 Å². The second-order valence-electron chi connectivity index (χ2n) is 2.36. The molecule has 13 heavy (non-hydrogen) atoms. The molecule has 0 fully saturated rings. The molecular weight excluding hydrogens is 164 g/mol. The van der Waals surface area contributed by atoms with Crippen LogP contribution >= 0.6 is 0 Å². The van der Waals surface area contributed by atoms with Gasteiger partial charge in [-0.2, -0.15) is 5.26 Å². The Hall–Kier alpha value is -1.95. The molecule has 0 amide bonds. The fourth-order valence-electron chi connectivity index (χ4n) is 0.854. The average Bonchev–Trinajstić information content (AvgIpc) is 2.17. The Labute approximate surface area is 77.3 Å². The number of benzene rings is 1. The molecule has 1 N–H and O–H groups in total. The van der Waals surface area contributed by atoms with E-state index in [4.69, 9.17) is 10.00 Å². The van der Waals surface area contributed by atoms with E-state index in [2.05, 4.69) is 11.9 Å². The van der Waals surface area contributed by atoms with Gasteiger partial charge in [-0.25, -0.2) is 0 Å². The fraction of sp³-hybridized carbons (Fsp3) is 0.100. The van der Waals surface area contributed by atoms with Gasteiger partial charge in [-0.05, 0) is 24.3 Å². The summed E-state index contributed by atoms with van der Waals surface area (Å²) >= 11 is 0. The summed E-state index contributed by atoms with van der Waals surface area (Å²) < 4.78 is 5.26. The minimum Gasteiger partial charge on any atom is -0.490 e. The van der Waals surface area contributed by atoms with Crippen molar-refractivity contribution >= 4 is 5.69 Å². The molecule has 0 saturated heterocycles. The number of rotatable bonds is 4. The quantitative estimate of drug-likeness (QED) is 0.432. The number of ether oxygens (including phenoxy) is 1. The third-order valence-corrected chi connectivity index (χ3v) is 1.42. The van der Waals surface area contributed by atoms with Gasteiger partial charge in [0.05, 0.1) is 0 Å². The topological polar surface area (TPSA) is 45.0 Å². The Bertz CT molecular complexity index is 311. The number of hydrogen-bond donors (Lipinski definition) is 1. The lowest BCUT2D eigenvalue weighted by Gasteiger charge is -2.03. The molecule has 3 nitrogen and oxygen atoms in total. The Morgan fingerprint density at radius 1 is 1.46 bits per heavy atom. The zero-order valence-electron chi connectivity index (χ0n) is 7.16. The summed E-state index contributed by atoms with van der Waals surface area (Å²) in [6.07, 6.45) is 3.52. The lowest BCUT2D eigenvalue weighted by Crippen LogP contribution is -1.93. The monoisotopic (exact) mass is 174 g/mol. The van der Waals surface area contributed by atoms with Gasteiger partial charge >= 0.3 is 0 Å². The van der Waals surface area contributed by atoms with E-state index < -0.39 is 0 Å². The summed E-state index contributed by atoms with van der Waals surface area (Å²) in [7, 11) is 0. The van der Waals surface area contributed by atoms with Crippen LogP contribution in [0, 0.1) is 11.5 Å². The van der Waals surface area contributed by atoms with Gasteiger partial charge in [0, 0.05) is 5.69 Å². The smallest absolute Gasteiger partial charge is 0.181 e. The molecule has 0 radical (unpaired) electrons. The van der Waals surface area contributed by atoms with E-state index in [1.54, 1.807) is 30.3 Å². The average molecular weight is 174 g/mol. The highest BCUT2D eigenvalue weighted by molar-refractivity contribution is 5.48. The molecule has 0 spiro atoms. The second kappa shape index (κ2) is 4.83. The van der Waals surface area contributed by atoms with Crippen LogP contribution in [0.5, 0.6) is 5.75 Å². The van der Waals surface area contributed by atoms with Gasteiger partial charge in [0.25, 0.3) is 0 Å². The lowest BCUT2D eigenvalue weighted by molar-refractivity contribution is 0.363. The van der Waals surface area contributed by atoms with Crippen molar-refractivity contribution in [3.05, 3.63) is 36.9 Å². The first-order valence-corrected chi connectivity index (χ1v) is 3.85. The van der Waals surface area contributed by atoms with E-state index in [-0.39, 0.29) is 0 Å². The third-order valence-electron chi connectivity index (χ3n) is 1.42. The SMILES string of the molecule is C=CCOc1ccc(NC#N)cc1. The van der Waals surface area contributed by atoms with Crippen LogP contribution in [-0.4, -0.2) is 6.61 Å². The number of anilines is 1. The van der Waals surface area contributed by atoms with Crippen molar-refractivity contribution in [3.63, 3.8) is 0 Å². The second-order valence-corrected chi connectivity index (χ2v) is 2.36. The normalized spacial score (nSPS) is 8.54. The summed E-state index contributed by atoms with van der Waals surface area (Å²) in [4.78, 5) is 0. The zero-order chi connectivity index (χ0) is 9.52. The van der Waals surface area contributed by atoms with E-state index in [9.17, 15) is 0 Å². The Morgan fingerprint density at radius 2 is 2.15 bits per heavy atom. The van der Waals surface area contributed by atoms with Crippen molar-refractivity contribution in [2.45, 2.75) is 0 Å². The van der Waals surface area contributed by atoms with Crippen molar-refractivity contribution in [1.29, 1.82) is 5.26 Å². The molecule has 1 rings (SSSR count). The molecule has 0 bridgehead atoms. The molecule has 0 unspecified atom stereocenters. The molecule has 1 aromatic carbocycles. The van der Waals surface area contributed by atoms with E-state index in [1.807, 2.05) is 6.19 Å². The van der Waals surface area contributed by atoms with Gasteiger partial charge in [0.15, 0.2) is 6.19 Å². The Morgan fingerprint density at radius 3 is 2.69 bits per heavy atom. The molecular formula is C10H10N2O. The van der Waals surface area contributed by atoms with Gasteiger partial charge in [-0.3, -0.25) is 5.32 Å². The van der Waals surface area contributed by atoms with Crippen LogP contribution in [-0.2, 0) is 0 Å². The highest BCUT2D eigenvalue weighted by Gasteiger charge is 1.92. The van der Waals surface area contributed by atoms with E-state index >= 15 is 0 Å². The molecule has 1 aromatic rings. The molecule has 0 aromatic heterocycles. The first-order valence-electron chi connectivity index (χ1n) is 3.85. The summed E-state index contributed by atoms with van der Waals surface area (Å²) in [5, 5.41) is 10.8. The van der Waals surface area contributed by atoms with Crippen LogP contribution in [0.25, 0.3) is 0 Å². The first kappa shape index (κ1) is 9.14. The zero-order valence-corrected chi connectivity index (χ0v) is 7.16. The highest BCUT2D eigenvalue weighted by Crippen LogP contribution is 2.14. The minimum absolute atomic E-state index is 0.491. The van der Waals surface area contributed by atoms with Gasteiger partial charge in [0.2, 0.25) is 0 Å². The highest BCUT2D eigenvalue weighted by atomic mass is 16.5. The molecule has 0 atom stereocenters. The molecule has 0 aliphatic rings. The predicted molar refractivity (Wildman–Crippen MR) is 51.4 cm³/mol. The van der Waals surface area contributed by atoms with Crippen LogP contribution in [0.3, 0.4) is 0 Å². The Kier molecular flexibility index (Phi) is 3.40. The van der Waals surface area contributed by atoms with Crippen LogP contribution in [0.4, 0.5) is 5.69 Å². The van der Waals surface area contributed by atoms with Crippen molar-refractivity contribution in [2.24, 2.45) is 0 Å². The van der Waals surface area contributed by atoms with Crippen molar-refractivity contribution in [1.82, 2.24) is 0 Å². The number of nitrogens with zero attached hydrogens (tertiary/aromatic N) is 1. The van der Waals surface area contributed by atoms with Crippen molar-refractivity contribution in [3.8, 4) is 11.9 Å². The minimum atomic E-state index is 0.491. The fourth-order valence-corrected chi connectivity index (χ4v) is 0.854. The third kappa shape index (κ3) is 2.88. The molecule has 3 heteroatoms. The summed E-state index contributed by atoms with van der Waals surface area (Å²) in [6.45, 7) is 4.03. The van der Waals surface area contributed by atoms with Gasteiger partial charge in [0.1, 0.15) is 12.4 Å². The maximum absolute atomic E-state index is 8.32. The number of hydrogen-bond acceptors (Lipinski definition) is 3. The first-order chi connectivity index (χ1) is 6.36. The molecule has 0 heterocycles. The van der Waals surface area contributed by atoms with Gasteiger partial charge in [-0.15, -0.1) is 0 Å². The largest absolute Gasteiger partial charge is 0.490 e. The standard InChI is InChI=1S/C10H10N2O/c1-2-7-13-10-5-3-9(4-6-10)12-8-11/h2-6,12H,1,7H2. The van der Waals surface area contributed by atoms with Gasteiger partial charge in [-0.1, -0.05) is 12.7 Å². The van der Waals surface area contributed by atoms with Crippen LogP contribution in [0.2, 0.25) is 0 Å². The van der Waals surface area contributed by atoms with Crippen LogP contribution < -0.4 is 10.1 Å². The molecule has 0 saturated carbocycles. The summed E-state index contributed by atoms with van der Waals surface area (Å²) in [5.74, 6) is 0.767. The lowest BCUT2D eigenvalue weighted by atomic mass is 10.3. The maximum Gasteiger partial charge on any atom is 0.181 e. The molecule has 0 aliphatic carbocycles. The maximum atomic E-state index is 8.32.